The van der Waals surface area contributed by atoms with Gasteiger partial charge >= 0.3 is 0 Å². The van der Waals surface area contributed by atoms with E-state index in [0.717, 1.165) is 18.5 Å². The summed E-state index contributed by atoms with van der Waals surface area (Å²) < 4.78 is 41.2. The molecule has 0 spiro atoms. The van der Waals surface area contributed by atoms with E-state index in [1.807, 2.05) is 18.2 Å². The monoisotopic (exact) mass is 427 g/mol. The van der Waals surface area contributed by atoms with Gasteiger partial charge in [-0.05, 0) is 61.7 Å². The molecule has 1 aliphatic rings. The highest BCUT2D eigenvalue weighted by molar-refractivity contribution is 7.89. The van der Waals surface area contributed by atoms with Crippen LogP contribution in [-0.2, 0) is 10.0 Å². The summed E-state index contributed by atoms with van der Waals surface area (Å²) in [6.45, 7) is 2.33. The van der Waals surface area contributed by atoms with Crippen LogP contribution in [0.5, 0.6) is 0 Å². The van der Waals surface area contributed by atoms with Crippen molar-refractivity contribution in [3.63, 3.8) is 0 Å². The third-order valence-electron chi connectivity index (χ3n) is 5.15. The van der Waals surface area contributed by atoms with Crippen LogP contribution >= 0.6 is 0 Å². The lowest BCUT2D eigenvalue weighted by Crippen LogP contribution is -2.39. The van der Waals surface area contributed by atoms with E-state index in [2.05, 4.69) is 20.3 Å². The number of aromatic nitrogens is 3. The molecule has 2 aromatic heterocycles. The zero-order valence-corrected chi connectivity index (χ0v) is 17.3. The molecule has 1 aromatic carbocycles. The van der Waals surface area contributed by atoms with Crippen LogP contribution in [0.25, 0.3) is 0 Å². The van der Waals surface area contributed by atoms with Crippen molar-refractivity contribution in [3.05, 3.63) is 71.9 Å². The van der Waals surface area contributed by atoms with Gasteiger partial charge in [0.1, 0.15) is 11.6 Å². The molecule has 0 bridgehead atoms. The SMILES string of the molecule is Cc1cc(S(=O)(=O)N2CCC[C@H](c3cccc(Nc4ncccn4)n3)C2)ccc1F. The number of hydrogen-bond acceptors (Lipinski definition) is 6. The molecule has 0 aliphatic carbocycles. The first-order valence-corrected chi connectivity index (χ1v) is 11.1. The van der Waals surface area contributed by atoms with Gasteiger partial charge in [0.2, 0.25) is 16.0 Å². The van der Waals surface area contributed by atoms with Crippen molar-refractivity contribution in [1.82, 2.24) is 19.3 Å². The third-order valence-corrected chi connectivity index (χ3v) is 7.01. The van der Waals surface area contributed by atoms with Crippen LogP contribution in [0, 0.1) is 12.7 Å². The number of nitrogens with zero attached hydrogens (tertiary/aromatic N) is 4. The smallest absolute Gasteiger partial charge is 0.243 e. The van der Waals surface area contributed by atoms with Crippen LogP contribution in [0.2, 0.25) is 0 Å². The van der Waals surface area contributed by atoms with Gasteiger partial charge in [0.25, 0.3) is 0 Å². The van der Waals surface area contributed by atoms with Gasteiger partial charge in [-0.3, -0.25) is 0 Å². The number of hydrogen-bond donors (Lipinski definition) is 1. The Balaban J connectivity index is 1.54. The molecule has 3 heterocycles. The number of anilines is 2. The minimum atomic E-state index is -3.70. The molecule has 1 N–H and O–H groups in total. The van der Waals surface area contributed by atoms with E-state index in [1.54, 1.807) is 25.4 Å². The molecule has 4 rings (SSSR count). The minimum absolute atomic E-state index is 0.0338. The summed E-state index contributed by atoms with van der Waals surface area (Å²) in [6, 6.07) is 11.2. The second-order valence-corrected chi connectivity index (χ2v) is 9.20. The first-order valence-electron chi connectivity index (χ1n) is 9.71. The lowest BCUT2D eigenvalue weighted by Gasteiger charge is -2.31. The fraction of sp³-hybridized carbons (Fsp3) is 0.286. The highest BCUT2D eigenvalue weighted by Crippen LogP contribution is 2.30. The lowest BCUT2D eigenvalue weighted by atomic mass is 9.96. The molecule has 30 heavy (non-hydrogen) atoms. The average molecular weight is 428 g/mol. The molecule has 3 aromatic rings. The van der Waals surface area contributed by atoms with E-state index in [0.29, 0.717) is 30.4 Å². The summed E-state index contributed by atoms with van der Waals surface area (Å²) in [4.78, 5) is 13.0. The van der Waals surface area contributed by atoms with Crippen LogP contribution in [-0.4, -0.2) is 40.8 Å². The van der Waals surface area contributed by atoms with Gasteiger partial charge in [0, 0.05) is 37.1 Å². The van der Waals surface area contributed by atoms with Gasteiger partial charge in [0.15, 0.2) is 0 Å². The number of nitrogens with one attached hydrogen (secondary N) is 1. The van der Waals surface area contributed by atoms with Crippen LogP contribution < -0.4 is 5.32 Å². The second-order valence-electron chi connectivity index (χ2n) is 7.26. The van der Waals surface area contributed by atoms with Crippen LogP contribution in [0.15, 0.2) is 59.8 Å². The van der Waals surface area contributed by atoms with Crippen molar-refractivity contribution in [1.29, 1.82) is 0 Å². The zero-order chi connectivity index (χ0) is 21.1. The maximum Gasteiger partial charge on any atom is 0.243 e. The van der Waals surface area contributed by atoms with E-state index < -0.39 is 15.8 Å². The maximum atomic E-state index is 13.6. The summed E-state index contributed by atoms with van der Waals surface area (Å²) in [5.74, 6) is 0.601. The first-order chi connectivity index (χ1) is 14.4. The molecule has 1 saturated heterocycles. The number of aryl methyl sites for hydroxylation is 1. The quantitative estimate of drug-likeness (QED) is 0.669. The Morgan fingerprint density at radius 2 is 1.93 bits per heavy atom. The fourth-order valence-electron chi connectivity index (χ4n) is 3.56. The Morgan fingerprint density at radius 1 is 1.13 bits per heavy atom. The number of rotatable bonds is 5. The van der Waals surface area contributed by atoms with Gasteiger partial charge in [-0.15, -0.1) is 0 Å². The van der Waals surface area contributed by atoms with E-state index in [9.17, 15) is 12.8 Å². The Hall–Kier alpha value is -2.91. The van der Waals surface area contributed by atoms with Crippen molar-refractivity contribution >= 4 is 21.8 Å². The van der Waals surface area contributed by atoms with Gasteiger partial charge in [0.05, 0.1) is 4.90 Å². The molecule has 156 valence electrons. The summed E-state index contributed by atoms with van der Waals surface area (Å²) in [7, 11) is -3.70. The molecular formula is C21H22FN5O2S. The first kappa shape index (κ1) is 20.4. The van der Waals surface area contributed by atoms with Crippen molar-refractivity contribution in [2.45, 2.75) is 30.6 Å². The Morgan fingerprint density at radius 3 is 2.70 bits per heavy atom. The second kappa shape index (κ2) is 8.45. The van der Waals surface area contributed by atoms with Crippen LogP contribution in [0.3, 0.4) is 0 Å². The van der Waals surface area contributed by atoms with E-state index in [1.165, 1.54) is 22.5 Å². The topological polar surface area (TPSA) is 88.1 Å². The van der Waals surface area contributed by atoms with Crippen molar-refractivity contribution in [2.24, 2.45) is 0 Å². The maximum absolute atomic E-state index is 13.6. The highest BCUT2D eigenvalue weighted by Gasteiger charge is 2.31. The molecule has 9 heteroatoms. The largest absolute Gasteiger partial charge is 0.309 e. The van der Waals surface area contributed by atoms with Crippen LogP contribution in [0.1, 0.15) is 30.0 Å². The molecule has 0 unspecified atom stereocenters. The van der Waals surface area contributed by atoms with E-state index in [4.69, 9.17) is 0 Å². The van der Waals surface area contributed by atoms with Crippen molar-refractivity contribution < 1.29 is 12.8 Å². The number of benzene rings is 1. The standard InChI is InChI=1S/C21H22FN5O2S/c1-15-13-17(8-9-18(15)22)30(28,29)27-12-3-5-16(14-27)19-6-2-7-20(25-19)26-21-23-10-4-11-24-21/h2,4,6-11,13,16H,3,5,12,14H2,1H3,(H,23,24,25,26)/t16-/m0/s1. The Kier molecular flexibility index (Phi) is 5.74. The molecular weight excluding hydrogens is 405 g/mol. The molecule has 1 aliphatic heterocycles. The molecule has 0 amide bonds. The number of pyridine rings is 1. The Bertz CT molecular complexity index is 1140. The normalized spacial score (nSPS) is 17.6. The predicted molar refractivity (Wildman–Crippen MR) is 111 cm³/mol. The molecule has 1 atom stereocenters. The van der Waals surface area contributed by atoms with Crippen molar-refractivity contribution in [2.75, 3.05) is 18.4 Å². The van der Waals surface area contributed by atoms with E-state index >= 15 is 0 Å². The number of sulfonamides is 1. The third kappa shape index (κ3) is 4.31. The van der Waals surface area contributed by atoms with Gasteiger partial charge in [-0.25, -0.2) is 27.8 Å². The number of piperidine rings is 1. The molecule has 7 nitrogen and oxygen atoms in total. The highest BCUT2D eigenvalue weighted by atomic mass is 32.2. The summed E-state index contributed by atoms with van der Waals surface area (Å²) in [5.41, 5.74) is 1.12. The van der Waals surface area contributed by atoms with Crippen LogP contribution in [0.4, 0.5) is 16.2 Å². The molecule has 0 radical (unpaired) electrons. The van der Waals surface area contributed by atoms with E-state index in [-0.39, 0.29) is 10.8 Å². The van der Waals surface area contributed by atoms with Gasteiger partial charge in [-0.1, -0.05) is 6.07 Å². The van der Waals surface area contributed by atoms with Crippen molar-refractivity contribution in [3.8, 4) is 0 Å². The Labute approximate surface area is 175 Å². The zero-order valence-electron chi connectivity index (χ0n) is 16.5. The number of halogens is 1. The minimum Gasteiger partial charge on any atom is -0.309 e. The predicted octanol–water partition coefficient (Wildman–Crippen LogP) is 3.63. The lowest BCUT2D eigenvalue weighted by molar-refractivity contribution is 0.312. The van der Waals surface area contributed by atoms with Gasteiger partial charge in [-0.2, -0.15) is 4.31 Å². The molecule has 1 fully saturated rings. The summed E-state index contributed by atoms with van der Waals surface area (Å²) in [6.07, 6.45) is 4.85. The molecule has 0 saturated carbocycles. The summed E-state index contributed by atoms with van der Waals surface area (Å²) >= 11 is 0. The average Bonchev–Trinajstić information content (AvgIpc) is 2.76. The van der Waals surface area contributed by atoms with Gasteiger partial charge < -0.3 is 5.32 Å². The fourth-order valence-corrected chi connectivity index (χ4v) is 5.17. The summed E-state index contributed by atoms with van der Waals surface area (Å²) in [5, 5.41) is 3.06.